The van der Waals surface area contributed by atoms with Crippen LogP contribution in [0.15, 0.2) is 89.2 Å². The zero-order valence-corrected chi connectivity index (χ0v) is 12.7. The summed E-state index contributed by atoms with van der Waals surface area (Å²) in [7, 11) is 0. The largest absolute Gasteiger partial charge is 0.508 e. The SMILES string of the molecule is Oc1ccc(N=Nc2c(-c3ccccc3)nc3ccccn23)cc1. The quantitative estimate of drug-likeness (QED) is 0.533. The number of hydrogen-bond donors (Lipinski definition) is 1. The Kier molecular flexibility index (Phi) is 3.51. The van der Waals surface area contributed by atoms with E-state index >= 15 is 0 Å². The molecular formula is C19H14N4O. The number of rotatable bonds is 3. The van der Waals surface area contributed by atoms with Crippen LogP contribution in [0.5, 0.6) is 5.75 Å². The predicted octanol–water partition coefficient (Wildman–Crippen LogP) is 5.12. The van der Waals surface area contributed by atoms with E-state index in [1.54, 1.807) is 24.3 Å². The van der Waals surface area contributed by atoms with E-state index in [0.717, 1.165) is 16.9 Å². The van der Waals surface area contributed by atoms with Crippen molar-refractivity contribution in [2.75, 3.05) is 0 Å². The lowest BCUT2D eigenvalue weighted by atomic mass is 10.1. The number of aromatic hydroxyl groups is 1. The number of pyridine rings is 1. The molecule has 0 amide bonds. The number of phenolic OH excluding ortho intramolecular Hbond substituents is 1. The van der Waals surface area contributed by atoms with Gasteiger partial charge < -0.3 is 5.11 Å². The van der Waals surface area contributed by atoms with E-state index in [1.165, 1.54) is 0 Å². The second-order valence-electron chi connectivity index (χ2n) is 5.30. The van der Waals surface area contributed by atoms with Crippen LogP contribution in [-0.4, -0.2) is 14.5 Å². The Hall–Kier alpha value is -3.47. The number of fused-ring (bicyclic) bond motifs is 1. The molecule has 2 aromatic carbocycles. The number of benzene rings is 2. The van der Waals surface area contributed by atoms with E-state index in [9.17, 15) is 5.11 Å². The highest BCUT2D eigenvalue weighted by Crippen LogP contribution is 2.32. The Labute approximate surface area is 138 Å². The molecule has 5 heteroatoms. The van der Waals surface area contributed by atoms with Crippen LogP contribution in [0.1, 0.15) is 0 Å². The van der Waals surface area contributed by atoms with Gasteiger partial charge in [-0.3, -0.25) is 4.40 Å². The number of nitrogens with zero attached hydrogens (tertiary/aromatic N) is 4. The van der Waals surface area contributed by atoms with Gasteiger partial charge in [-0.25, -0.2) is 4.98 Å². The molecule has 0 radical (unpaired) electrons. The molecule has 2 heterocycles. The van der Waals surface area contributed by atoms with Gasteiger partial charge >= 0.3 is 0 Å². The monoisotopic (exact) mass is 314 g/mol. The molecule has 24 heavy (non-hydrogen) atoms. The normalized spacial score (nSPS) is 11.3. The summed E-state index contributed by atoms with van der Waals surface area (Å²) in [5.74, 6) is 0.874. The Morgan fingerprint density at radius 1 is 0.792 bits per heavy atom. The van der Waals surface area contributed by atoms with Crippen LogP contribution in [0.25, 0.3) is 16.9 Å². The van der Waals surface area contributed by atoms with Gasteiger partial charge in [-0.1, -0.05) is 36.4 Å². The molecule has 0 aliphatic carbocycles. The molecule has 0 fully saturated rings. The molecule has 4 aromatic rings. The van der Waals surface area contributed by atoms with E-state index < -0.39 is 0 Å². The van der Waals surface area contributed by atoms with Crippen molar-refractivity contribution >= 4 is 17.2 Å². The number of hydrogen-bond acceptors (Lipinski definition) is 4. The van der Waals surface area contributed by atoms with Crippen LogP contribution in [-0.2, 0) is 0 Å². The van der Waals surface area contributed by atoms with Crippen molar-refractivity contribution in [3.63, 3.8) is 0 Å². The van der Waals surface area contributed by atoms with E-state index in [1.807, 2.05) is 59.1 Å². The molecule has 0 bridgehead atoms. The van der Waals surface area contributed by atoms with Crippen molar-refractivity contribution in [1.29, 1.82) is 0 Å². The lowest BCUT2D eigenvalue weighted by molar-refractivity contribution is 0.475. The number of azo groups is 1. The highest BCUT2D eigenvalue weighted by atomic mass is 16.3. The summed E-state index contributed by atoms with van der Waals surface area (Å²) < 4.78 is 1.91. The minimum atomic E-state index is 0.203. The molecule has 2 aromatic heterocycles. The van der Waals surface area contributed by atoms with Crippen LogP contribution in [0.2, 0.25) is 0 Å². The Bertz CT molecular complexity index is 1000. The molecule has 0 saturated carbocycles. The highest BCUT2D eigenvalue weighted by molar-refractivity contribution is 5.74. The molecule has 4 rings (SSSR count). The third-order valence-corrected chi connectivity index (χ3v) is 3.66. The van der Waals surface area contributed by atoms with Gasteiger partial charge in [0.15, 0.2) is 5.82 Å². The number of imidazole rings is 1. The zero-order valence-electron chi connectivity index (χ0n) is 12.7. The van der Waals surface area contributed by atoms with Gasteiger partial charge in [0.2, 0.25) is 0 Å². The average molecular weight is 314 g/mol. The summed E-state index contributed by atoms with van der Waals surface area (Å²) >= 11 is 0. The van der Waals surface area contributed by atoms with Gasteiger partial charge in [-0.2, -0.15) is 0 Å². The number of aromatic nitrogens is 2. The maximum absolute atomic E-state index is 9.36. The van der Waals surface area contributed by atoms with E-state index in [2.05, 4.69) is 15.2 Å². The topological polar surface area (TPSA) is 62.2 Å². The van der Waals surface area contributed by atoms with Gasteiger partial charge in [0.25, 0.3) is 0 Å². The third-order valence-electron chi connectivity index (χ3n) is 3.66. The Morgan fingerprint density at radius 3 is 2.33 bits per heavy atom. The van der Waals surface area contributed by atoms with E-state index in [-0.39, 0.29) is 5.75 Å². The smallest absolute Gasteiger partial charge is 0.187 e. The Morgan fingerprint density at radius 2 is 1.54 bits per heavy atom. The fourth-order valence-corrected chi connectivity index (χ4v) is 2.49. The van der Waals surface area contributed by atoms with Crippen LogP contribution >= 0.6 is 0 Å². The first-order valence-corrected chi connectivity index (χ1v) is 7.54. The first-order valence-electron chi connectivity index (χ1n) is 7.54. The third kappa shape index (κ3) is 2.63. The van der Waals surface area contributed by atoms with E-state index in [0.29, 0.717) is 11.5 Å². The van der Waals surface area contributed by atoms with Gasteiger partial charge in [0.05, 0.1) is 5.69 Å². The summed E-state index contributed by atoms with van der Waals surface area (Å²) in [6.07, 6.45) is 1.92. The van der Waals surface area contributed by atoms with Crippen LogP contribution in [0.3, 0.4) is 0 Å². The second kappa shape index (κ2) is 5.96. The van der Waals surface area contributed by atoms with Gasteiger partial charge in [-0.05, 0) is 36.4 Å². The minimum Gasteiger partial charge on any atom is -0.508 e. The molecular weight excluding hydrogens is 300 g/mol. The minimum absolute atomic E-state index is 0.203. The average Bonchev–Trinajstić information content (AvgIpc) is 3.01. The summed E-state index contributed by atoms with van der Waals surface area (Å²) in [6, 6.07) is 22.3. The molecule has 0 atom stereocenters. The molecule has 116 valence electrons. The molecule has 0 aliphatic heterocycles. The fourth-order valence-electron chi connectivity index (χ4n) is 2.49. The summed E-state index contributed by atoms with van der Waals surface area (Å²) in [5.41, 5.74) is 3.25. The summed E-state index contributed by atoms with van der Waals surface area (Å²) in [4.78, 5) is 4.68. The molecule has 1 N–H and O–H groups in total. The molecule has 0 saturated heterocycles. The van der Waals surface area contributed by atoms with Crippen LogP contribution in [0.4, 0.5) is 11.5 Å². The van der Waals surface area contributed by atoms with Gasteiger partial charge in [0.1, 0.15) is 17.1 Å². The fraction of sp³-hybridized carbons (Fsp3) is 0. The maximum Gasteiger partial charge on any atom is 0.187 e. The maximum atomic E-state index is 9.36. The Balaban J connectivity index is 1.85. The van der Waals surface area contributed by atoms with Crippen molar-refractivity contribution in [2.45, 2.75) is 0 Å². The summed E-state index contributed by atoms with van der Waals surface area (Å²) in [6.45, 7) is 0. The molecule has 0 unspecified atom stereocenters. The lowest BCUT2D eigenvalue weighted by Crippen LogP contribution is -1.81. The molecule has 5 nitrogen and oxygen atoms in total. The zero-order chi connectivity index (χ0) is 16.4. The van der Waals surface area contributed by atoms with Crippen molar-refractivity contribution in [3.05, 3.63) is 79.0 Å². The predicted molar refractivity (Wildman–Crippen MR) is 92.9 cm³/mol. The van der Waals surface area contributed by atoms with E-state index in [4.69, 9.17) is 0 Å². The first kappa shape index (κ1) is 14.1. The molecule has 0 spiro atoms. The van der Waals surface area contributed by atoms with Crippen molar-refractivity contribution in [1.82, 2.24) is 9.38 Å². The van der Waals surface area contributed by atoms with Crippen molar-refractivity contribution < 1.29 is 5.11 Å². The van der Waals surface area contributed by atoms with Crippen molar-refractivity contribution in [2.24, 2.45) is 10.2 Å². The standard InChI is InChI=1S/C19H14N4O/c24-16-11-9-15(10-12-16)21-22-19-18(14-6-2-1-3-7-14)20-17-8-4-5-13-23(17)19/h1-13,24H. The molecule has 0 aliphatic rings. The van der Waals surface area contributed by atoms with Gasteiger partial charge in [-0.15, -0.1) is 10.2 Å². The first-order chi connectivity index (χ1) is 11.8. The highest BCUT2D eigenvalue weighted by Gasteiger charge is 2.13. The van der Waals surface area contributed by atoms with Crippen molar-refractivity contribution in [3.8, 4) is 17.0 Å². The van der Waals surface area contributed by atoms with Gasteiger partial charge in [0, 0.05) is 11.8 Å². The lowest BCUT2D eigenvalue weighted by Gasteiger charge is -1.99. The van der Waals surface area contributed by atoms with Crippen LogP contribution in [0, 0.1) is 0 Å². The summed E-state index contributed by atoms with van der Waals surface area (Å²) in [5, 5.41) is 18.1. The van der Waals surface area contributed by atoms with Crippen LogP contribution < -0.4 is 0 Å². The number of phenols is 1. The second-order valence-corrected chi connectivity index (χ2v) is 5.30.